The normalized spacial score (nSPS) is 48.2. The summed E-state index contributed by atoms with van der Waals surface area (Å²) in [6.45, 7) is 4.47. The molecule has 2 saturated carbocycles. The van der Waals surface area contributed by atoms with E-state index in [0.717, 1.165) is 11.8 Å². The minimum absolute atomic E-state index is 0.233. The Bertz CT molecular complexity index is 181. The summed E-state index contributed by atoms with van der Waals surface area (Å²) in [4.78, 5) is 0. The maximum atomic E-state index is 6.03. The molecule has 0 aromatic carbocycles. The molecule has 2 rings (SSSR count). The van der Waals surface area contributed by atoms with Crippen LogP contribution in [0.2, 0.25) is 0 Å². The van der Waals surface area contributed by atoms with Crippen molar-refractivity contribution in [2.45, 2.75) is 51.1 Å². The quantitative estimate of drug-likeness (QED) is 0.565. The molecule has 4 atom stereocenters. The third-order valence-corrected chi connectivity index (χ3v) is 3.60. The van der Waals surface area contributed by atoms with E-state index in [9.17, 15) is 0 Å². The van der Waals surface area contributed by atoms with Gasteiger partial charge in [-0.15, -0.1) is 0 Å². The molecule has 0 aromatic rings. The van der Waals surface area contributed by atoms with Crippen LogP contribution in [0.25, 0.3) is 0 Å². The minimum Gasteiger partial charge on any atom is -0.381 e. The van der Waals surface area contributed by atoms with Gasteiger partial charge in [-0.05, 0) is 51.4 Å². The molecule has 12 heavy (non-hydrogen) atoms. The van der Waals surface area contributed by atoms with Gasteiger partial charge >= 0.3 is 0 Å². The van der Waals surface area contributed by atoms with Crippen LogP contribution >= 0.6 is 0 Å². The first kappa shape index (κ1) is 8.62. The summed E-state index contributed by atoms with van der Waals surface area (Å²) in [6, 6.07) is 0.398. The highest BCUT2D eigenvalue weighted by Gasteiger charge is 2.48. The van der Waals surface area contributed by atoms with Crippen molar-refractivity contribution in [1.82, 2.24) is 0 Å². The van der Waals surface area contributed by atoms with Crippen molar-refractivity contribution in [3.05, 3.63) is 0 Å². The molecular formula is C10H19BO. The van der Waals surface area contributed by atoms with E-state index in [-0.39, 0.29) is 5.60 Å². The highest BCUT2D eigenvalue weighted by molar-refractivity contribution is 6.10. The van der Waals surface area contributed by atoms with Crippen molar-refractivity contribution in [2.24, 2.45) is 11.8 Å². The van der Waals surface area contributed by atoms with Crippen molar-refractivity contribution in [2.75, 3.05) is 0 Å². The van der Waals surface area contributed by atoms with E-state index in [2.05, 4.69) is 21.7 Å². The Morgan fingerprint density at radius 3 is 2.67 bits per heavy atom. The molecule has 2 bridgehead atoms. The Kier molecular flexibility index (Phi) is 1.98. The third kappa shape index (κ3) is 1.30. The largest absolute Gasteiger partial charge is 0.381 e. The van der Waals surface area contributed by atoms with E-state index in [4.69, 9.17) is 4.74 Å². The van der Waals surface area contributed by atoms with Gasteiger partial charge in [0.05, 0.1) is 5.60 Å². The summed E-state index contributed by atoms with van der Waals surface area (Å²) >= 11 is 0. The van der Waals surface area contributed by atoms with Crippen LogP contribution in [0.4, 0.5) is 0 Å². The first-order valence-electron chi connectivity index (χ1n) is 5.28. The summed E-state index contributed by atoms with van der Waals surface area (Å²) in [7, 11) is 2.15. The van der Waals surface area contributed by atoms with Crippen LogP contribution in [-0.4, -0.2) is 19.5 Å². The van der Waals surface area contributed by atoms with Gasteiger partial charge in [-0.3, -0.25) is 0 Å². The summed E-state index contributed by atoms with van der Waals surface area (Å²) in [6.07, 6.45) is 5.62. The molecule has 0 aliphatic heterocycles. The van der Waals surface area contributed by atoms with E-state index in [1.54, 1.807) is 0 Å². The number of fused-ring (bicyclic) bond motifs is 2. The number of ether oxygens (including phenoxy) is 1. The molecule has 0 spiro atoms. The van der Waals surface area contributed by atoms with Crippen LogP contribution in [0.1, 0.15) is 39.5 Å². The van der Waals surface area contributed by atoms with Crippen LogP contribution in [0.15, 0.2) is 0 Å². The lowest BCUT2D eigenvalue weighted by molar-refractivity contribution is -0.0794. The number of hydrogen-bond acceptors (Lipinski definition) is 1. The maximum Gasteiger partial charge on any atom is 0.138 e. The first-order valence-corrected chi connectivity index (χ1v) is 5.28. The standard InChI is InChI=1S/C10H19BO/c1-7(11)12-10(2)6-8-3-4-9(10)5-8/h7-9H,3-6,11H2,1-2H3. The molecule has 0 aromatic heterocycles. The summed E-state index contributed by atoms with van der Waals surface area (Å²) in [5.41, 5.74) is 0.233. The van der Waals surface area contributed by atoms with E-state index < -0.39 is 0 Å². The van der Waals surface area contributed by atoms with Gasteiger partial charge in [-0.2, -0.15) is 0 Å². The van der Waals surface area contributed by atoms with E-state index in [0.29, 0.717) is 6.00 Å². The summed E-state index contributed by atoms with van der Waals surface area (Å²) in [5.74, 6) is 1.85. The smallest absolute Gasteiger partial charge is 0.138 e. The highest BCUT2D eigenvalue weighted by Crippen LogP contribution is 2.52. The van der Waals surface area contributed by atoms with Gasteiger partial charge in [0.1, 0.15) is 7.85 Å². The van der Waals surface area contributed by atoms with Crippen molar-refractivity contribution in [1.29, 1.82) is 0 Å². The van der Waals surface area contributed by atoms with Crippen LogP contribution in [0.3, 0.4) is 0 Å². The molecule has 2 aliphatic rings. The van der Waals surface area contributed by atoms with Gasteiger partial charge in [-0.25, -0.2) is 0 Å². The Hall–Kier alpha value is 0.0249. The minimum atomic E-state index is 0.233. The maximum absolute atomic E-state index is 6.03. The average Bonchev–Trinajstić information content (AvgIpc) is 2.42. The average molecular weight is 166 g/mol. The second kappa shape index (κ2) is 2.76. The molecule has 68 valence electrons. The molecule has 0 amide bonds. The zero-order valence-corrected chi connectivity index (χ0v) is 8.47. The monoisotopic (exact) mass is 166 g/mol. The third-order valence-electron chi connectivity index (χ3n) is 3.60. The van der Waals surface area contributed by atoms with Gasteiger partial charge < -0.3 is 4.74 Å². The molecule has 2 fully saturated rings. The van der Waals surface area contributed by atoms with Crippen LogP contribution < -0.4 is 0 Å². The van der Waals surface area contributed by atoms with E-state index in [1.807, 2.05) is 0 Å². The molecule has 0 N–H and O–H groups in total. The zero-order valence-electron chi connectivity index (χ0n) is 8.47. The SMILES string of the molecule is BC(C)OC1(C)CC2CCC1C2. The lowest BCUT2D eigenvalue weighted by atomic mass is 9.85. The van der Waals surface area contributed by atoms with Crippen LogP contribution in [-0.2, 0) is 4.74 Å². The molecule has 2 heteroatoms. The molecular weight excluding hydrogens is 147 g/mol. The molecule has 4 unspecified atom stereocenters. The molecule has 2 aliphatic carbocycles. The van der Waals surface area contributed by atoms with Crippen LogP contribution in [0.5, 0.6) is 0 Å². The molecule has 0 heterocycles. The highest BCUT2D eigenvalue weighted by atomic mass is 16.5. The van der Waals surface area contributed by atoms with Crippen molar-refractivity contribution in [3.63, 3.8) is 0 Å². The van der Waals surface area contributed by atoms with Gasteiger partial charge in [0, 0.05) is 6.00 Å². The molecule has 0 saturated heterocycles. The van der Waals surface area contributed by atoms with Gasteiger partial charge in [0.15, 0.2) is 0 Å². The van der Waals surface area contributed by atoms with Gasteiger partial charge in [0.2, 0.25) is 0 Å². The second-order valence-corrected chi connectivity index (χ2v) is 5.06. The predicted molar refractivity (Wildman–Crippen MR) is 52.9 cm³/mol. The lowest BCUT2D eigenvalue weighted by Crippen LogP contribution is -2.38. The lowest BCUT2D eigenvalue weighted by Gasteiger charge is -2.36. The Morgan fingerprint density at radius 1 is 1.50 bits per heavy atom. The number of rotatable bonds is 2. The Labute approximate surface area is 76.3 Å². The fourth-order valence-corrected chi connectivity index (χ4v) is 3.24. The van der Waals surface area contributed by atoms with E-state index >= 15 is 0 Å². The zero-order chi connectivity index (χ0) is 8.77. The van der Waals surface area contributed by atoms with Crippen LogP contribution in [0, 0.1) is 11.8 Å². The fourth-order valence-electron chi connectivity index (χ4n) is 3.24. The van der Waals surface area contributed by atoms with Crippen molar-refractivity contribution >= 4 is 7.85 Å². The second-order valence-electron chi connectivity index (χ2n) is 5.06. The first-order chi connectivity index (χ1) is 5.60. The van der Waals surface area contributed by atoms with Crippen molar-refractivity contribution < 1.29 is 4.74 Å². The predicted octanol–water partition coefficient (Wildman–Crippen LogP) is 1.56. The molecule has 0 radical (unpaired) electrons. The number of hydrogen-bond donors (Lipinski definition) is 0. The fraction of sp³-hybridized carbons (Fsp3) is 1.00. The Morgan fingerprint density at radius 2 is 2.25 bits per heavy atom. The Balaban J connectivity index is 2.03. The topological polar surface area (TPSA) is 9.23 Å². The summed E-state index contributed by atoms with van der Waals surface area (Å²) < 4.78 is 6.03. The van der Waals surface area contributed by atoms with Gasteiger partial charge in [0.25, 0.3) is 0 Å². The van der Waals surface area contributed by atoms with Crippen molar-refractivity contribution in [3.8, 4) is 0 Å². The van der Waals surface area contributed by atoms with Gasteiger partial charge in [-0.1, -0.05) is 0 Å². The van der Waals surface area contributed by atoms with E-state index in [1.165, 1.54) is 25.7 Å². The summed E-state index contributed by atoms with van der Waals surface area (Å²) in [5, 5.41) is 0. The molecule has 1 nitrogen and oxygen atoms in total.